The molecule has 0 bridgehead atoms. The molecule has 4 aromatic rings. The Morgan fingerprint density at radius 1 is 1.00 bits per heavy atom. The lowest BCUT2D eigenvalue weighted by molar-refractivity contribution is 0.0600. The number of esters is 1. The fraction of sp³-hybridized carbons (Fsp3) is 0.0833. The lowest BCUT2D eigenvalue weighted by atomic mass is 10.1. The van der Waals surface area contributed by atoms with Gasteiger partial charge in [0.25, 0.3) is 0 Å². The van der Waals surface area contributed by atoms with Gasteiger partial charge in [-0.05, 0) is 29.8 Å². The van der Waals surface area contributed by atoms with Crippen molar-refractivity contribution in [2.24, 2.45) is 0 Å². The third-order valence-corrected chi connectivity index (χ3v) is 5.14. The quantitative estimate of drug-likeness (QED) is 0.339. The molecule has 0 saturated carbocycles. The van der Waals surface area contributed by atoms with E-state index >= 15 is 0 Å². The van der Waals surface area contributed by atoms with Crippen molar-refractivity contribution in [3.05, 3.63) is 98.1 Å². The third-order valence-electron chi connectivity index (χ3n) is 4.64. The van der Waals surface area contributed by atoms with Crippen LogP contribution < -0.4 is 10.2 Å². The zero-order valence-corrected chi connectivity index (χ0v) is 17.9. The molecule has 0 aliphatic rings. The number of rotatable bonds is 5. The van der Waals surface area contributed by atoms with Crippen molar-refractivity contribution in [2.45, 2.75) is 6.61 Å². The van der Waals surface area contributed by atoms with E-state index in [0.29, 0.717) is 21.7 Å². The van der Waals surface area contributed by atoms with Crippen LogP contribution >= 0.6 is 23.2 Å². The van der Waals surface area contributed by atoms with Crippen LogP contribution in [-0.4, -0.2) is 13.1 Å². The summed E-state index contributed by atoms with van der Waals surface area (Å²) in [5, 5.41) is 0.763. The minimum atomic E-state index is -0.457. The van der Waals surface area contributed by atoms with Gasteiger partial charge in [-0.3, -0.25) is 4.79 Å². The molecular formula is C24H16Cl2O5. The van der Waals surface area contributed by atoms with E-state index in [2.05, 4.69) is 0 Å². The van der Waals surface area contributed by atoms with Crippen LogP contribution in [0.1, 0.15) is 15.9 Å². The summed E-state index contributed by atoms with van der Waals surface area (Å²) >= 11 is 12.4. The summed E-state index contributed by atoms with van der Waals surface area (Å²) < 4.78 is 16.7. The van der Waals surface area contributed by atoms with Gasteiger partial charge in [0.05, 0.1) is 23.1 Å². The van der Waals surface area contributed by atoms with Gasteiger partial charge in [-0.2, -0.15) is 0 Å². The second-order valence-electron chi connectivity index (χ2n) is 6.70. The predicted octanol–water partition coefficient (Wildman–Crippen LogP) is 6.13. The van der Waals surface area contributed by atoms with Crippen LogP contribution in [0, 0.1) is 0 Å². The summed E-state index contributed by atoms with van der Waals surface area (Å²) in [5.41, 5.74) is 1.57. The molecule has 0 saturated heterocycles. The largest absolute Gasteiger partial charge is 0.481 e. The van der Waals surface area contributed by atoms with E-state index in [0.717, 1.165) is 0 Å². The maximum Gasteiger partial charge on any atom is 0.337 e. The molecule has 0 N–H and O–H groups in total. The Labute approximate surface area is 187 Å². The molecule has 3 aromatic carbocycles. The van der Waals surface area contributed by atoms with Crippen molar-refractivity contribution in [2.75, 3.05) is 7.11 Å². The summed E-state index contributed by atoms with van der Waals surface area (Å²) in [6, 6.07) is 18.9. The van der Waals surface area contributed by atoms with Crippen LogP contribution in [0.5, 0.6) is 5.75 Å². The number of halogens is 2. The number of carbonyl (C=O) groups is 1. The molecule has 0 spiro atoms. The molecule has 0 atom stereocenters. The SMILES string of the molecule is COC(=O)c1cccc(COc2c(-c3ccccc3)oc3c(Cl)cc(Cl)cc3c2=O)c1. The second-order valence-corrected chi connectivity index (χ2v) is 7.54. The number of fused-ring (bicyclic) bond motifs is 1. The molecule has 4 rings (SSSR count). The zero-order valence-electron chi connectivity index (χ0n) is 16.4. The van der Waals surface area contributed by atoms with Crippen molar-refractivity contribution in [3.8, 4) is 17.1 Å². The van der Waals surface area contributed by atoms with Gasteiger partial charge in [-0.1, -0.05) is 65.7 Å². The lowest BCUT2D eigenvalue weighted by Gasteiger charge is -2.13. The van der Waals surface area contributed by atoms with E-state index in [1.165, 1.54) is 19.2 Å². The van der Waals surface area contributed by atoms with Gasteiger partial charge < -0.3 is 13.9 Å². The summed E-state index contributed by atoms with van der Waals surface area (Å²) in [6.45, 7) is 0.0369. The molecule has 156 valence electrons. The van der Waals surface area contributed by atoms with E-state index in [1.54, 1.807) is 36.4 Å². The Morgan fingerprint density at radius 3 is 2.52 bits per heavy atom. The Kier molecular flexibility index (Phi) is 5.98. The average Bonchev–Trinajstić information content (AvgIpc) is 2.79. The normalized spacial score (nSPS) is 10.8. The average molecular weight is 455 g/mol. The molecule has 7 heteroatoms. The van der Waals surface area contributed by atoms with E-state index in [9.17, 15) is 9.59 Å². The Hall–Kier alpha value is -3.28. The molecule has 0 aliphatic heterocycles. The Balaban J connectivity index is 1.82. The lowest BCUT2D eigenvalue weighted by Crippen LogP contribution is -2.11. The van der Waals surface area contributed by atoms with Gasteiger partial charge in [0, 0.05) is 10.6 Å². The highest BCUT2D eigenvalue weighted by Crippen LogP contribution is 2.35. The van der Waals surface area contributed by atoms with Gasteiger partial charge in [0.2, 0.25) is 11.2 Å². The number of benzene rings is 3. The van der Waals surface area contributed by atoms with E-state index in [1.807, 2.05) is 18.2 Å². The first kappa shape index (κ1) is 21.0. The molecule has 0 radical (unpaired) electrons. The second kappa shape index (κ2) is 8.84. The highest BCUT2D eigenvalue weighted by Gasteiger charge is 2.20. The highest BCUT2D eigenvalue weighted by molar-refractivity contribution is 6.38. The van der Waals surface area contributed by atoms with Gasteiger partial charge in [0.15, 0.2) is 11.3 Å². The van der Waals surface area contributed by atoms with Gasteiger partial charge in [0.1, 0.15) is 6.61 Å². The first-order valence-electron chi connectivity index (χ1n) is 9.29. The van der Waals surface area contributed by atoms with Crippen LogP contribution in [0.3, 0.4) is 0 Å². The van der Waals surface area contributed by atoms with Gasteiger partial charge in [-0.25, -0.2) is 4.79 Å². The van der Waals surface area contributed by atoms with E-state index in [4.69, 9.17) is 37.1 Å². The summed E-state index contributed by atoms with van der Waals surface area (Å²) in [4.78, 5) is 25.1. The molecule has 1 heterocycles. The monoisotopic (exact) mass is 454 g/mol. The molecule has 1 aromatic heterocycles. The molecule has 0 fully saturated rings. The first-order valence-corrected chi connectivity index (χ1v) is 10.0. The van der Waals surface area contributed by atoms with Gasteiger partial charge >= 0.3 is 5.97 Å². The molecule has 0 unspecified atom stereocenters. The van der Waals surface area contributed by atoms with Crippen LogP contribution in [-0.2, 0) is 11.3 Å². The topological polar surface area (TPSA) is 65.7 Å². The Bertz CT molecular complexity index is 1330. The number of methoxy groups -OCH3 is 1. The van der Waals surface area contributed by atoms with Crippen LogP contribution in [0.15, 0.2) is 75.9 Å². The fourth-order valence-electron chi connectivity index (χ4n) is 3.18. The maximum atomic E-state index is 13.3. The smallest absolute Gasteiger partial charge is 0.337 e. The number of ether oxygens (including phenoxy) is 2. The van der Waals surface area contributed by atoms with Crippen LogP contribution in [0.2, 0.25) is 10.0 Å². The third kappa shape index (κ3) is 4.29. The molecule has 31 heavy (non-hydrogen) atoms. The van der Waals surface area contributed by atoms with E-state index < -0.39 is 11.4 Å². The summed E-state index contributed by atoms with van der Waals surface area (Å²) in [5.74, 6) is -0.173. The minimum Gasteiger partial charge on any atom is -0.481 e. The van der Waals surface area contributed by atoms with Crippen molar-refractivity contribution in [1.29, 1.82) is 0 Å². The Morgan fingerprint density at radius 2 is 1.77 bits per heavy atom. The van der Waals surface area contributed by atoms with Crippen LogP contribution in [0.25, 0.3) is 22.3 Å². The minimum absolute atomic E-state index is 0.0282. The number of carbonyl (C=O) groups excluding carboxylic acids is 1. The van der Waals surface area contributed by atoms with Crippen molar-refractivity contribution in [3.63, 3.8) is 0 Å². The molecule has 0 amide bonds. The molecule has 5 nitrogen and oxygen atoms in total. The molecule has 0 aliphatic carbocycles. The summed E-state index contributed by atoms with van der Waals surface area (Å²) in [7, 11) is 1.31. The van der Waals surface area contributed by atoms with Gasteiger partial charge in [-0.15, -0.1) is 0 Å². The summed E-state index contributed by atoms with van der Waals surface area (Å²) in [6.07, 6.45) is 0. The highest BCUT2D eigenvalue weighted by atomic mass is 35.5. The fourth-order valence-corrected chi connectivity index (χ4v) is 3.71. The standard InChI is InChI=1S/C24H16Cl2O5/c1-29-24(28)16-9-5-6-14(10-16)13-30-23-20(27)18-11-17(25)12-19(26)22(18)31-21(23)15-7-3-2-4-8-15/h2-12H,13H2,1H3. The molecular weight excluding hydrogens is 439 g/mol. The van der Waals surface area contributed by atoms with Crippen molar-refractivity contribution < 1.29 is 18.7 Å². The maximum absolute atomic E-state index is 13.3. The predicted molar refractivity (Wildman–Crippen MR) is 120 cm³/mol. The number of hydrogen-bond acceptors (Lipinski definition) is 5. The zero-order chi connectivity index (χ0) is 22.0. The van der Waals surface area contributed by atoms with Crippen molar-refractivity contribution in [1.82, 2.24) is 0 Å². The van der Waals surface area contributed by atoms with Crippen LogP contribution in [0.4, 0.5) is 0 Å². The van der Waals surface area contributed by atoms with Crippen molar-refractivity contribution >= 4 is 40.1 Å². The number of hydrogen-bond donors (Lipinski definition) is 0. The van der Waals surface area contributed by atoms with E-state index in [-0.39, 0.29) is 34.1 Å². The first-order chi connectivity index (χ1) is 15.0.